The summed E-state index contributed by atoms with van der Waals surface area (Å²) in [7, 11) is 0. The first-order valence-electron chi connectivity index (χ1n) is 7.66. The number of fused-ring (bicyclic) bond motifs is 1. The Bertz CT molecular complexity index is 1030. The summed E-state index contributed by atoms with van der Waals surface area (Å²) in [5.74, 6) is -0.648. The molecule has 26 heavy (non-hydrogen) atoms. The normalized spacial score (nSPS) is 11.4. The van der Waals surface area contributed by atoms with Gasteiger partial charge in [0.25, 0.3) is 5.91 Å². The number of hydrogen-bond acceptors (Lipinski definition) is 4. The highest BCUT2D eigenvalue weighted by Crippen LogP contribution is 2.34. The number of H-pyrrole nitrogens is 1. The van der Waals surface area contributed by atoms with Gasteiger partial charge in [0.1, 0.15) is 5.02 Å². The highest BCUT2D eigenvalue weighted by Gasteiger charge is 2.19. The number of para-hydroxylation sites is 1. The number of nitrogen functional groups attached to an aromatic ring is 1. The van der Waals surface area contributed by atoms with Crippen molar-refractivity contribution in [1.82, 2.24) is 15.4 Å². The molecule has 1 amide bonds. The second-order valence-electron chi connectivity index (χ2n) is 5.43. The number of nitrogens with one attached hydrogen (secondary N) is 2. The van der Waals surface area contributed by atoms with E-state index in [1.165, 1.54) is 11.8 Å². The van der Waals surface area contributed by atoms with Gasteiger partial charge < -0.3 is 10.7 Å². The van der Waals surface area contributed by atoms with Crippen LogP contribution in [-0.2, 0) is 6.42 Å². The molecule has 0 bridgehead atoms. The lowest BCUT2D eigenvalue weighted by atomic mass is 10.1. The minimum absolute atomic E-state index is 0.00207. The third-order valence-corrected chi connectivity index (χ3v) is 5.01. The molecule has 3 rings (SSSR count). The molecule has 3 aromatic rings. The van der Waals surface area contributed by atoms with Gasteiger partial charge in [0, 0.05) is 22.7 Å². The Balaban J connectivity index is 1.83. The number of halogens is 3. The van der Waals surface area contributed by atoms with E-state index in [2.05, 4.69) is 33.5 Å². The molecule has 0 saturated heterocycles. The van der Waals surface area contributed by atoms with E-state index < -0.39 is 5.91 Å². The van der Waals surface area contributed by atoms with Gasteiger partial charge in [-0.05, 0) is 12.0 Å². The molecule has 0 atom stereocenters. The van der Waals surface area contributed by atoms with Crippen molar-refractivity contribution >= 4 is 63.5 Å². The van der Waals surface area contributed by atoms with E-state index in [0.29, 0.717) is 0 Å². The lowest BCUT2D eigenvalue weighted by molar-refractivity contribution is 0.0950. The second kappa shape index (κ2) is 7.53. The second-order valence-corrected chi connectivity index (χ2v) is 6.54. The van der Waals surface area contributed by atoms with Crippen molar-refractivity contribution < 1.29 is 4.79 Å². The lowest BCUT2D eigenvalue weighted by Gasteiger charge is -2.07. The van der Waals surface area contributed by atoms with E-state index in [1.807, 2.05) is 18.3 Å². The van der Waals surface area contributed by atoms with Crippen molar-refractivity contribution in [3.8, 4) is 0 Å². The van der Waals surface area contributed by atoms with Crippen LogP contribution in [-0.4, -0.2) is 22.1 Å². The van der Waals surface area contributed by atoms with Crippen molar-refractivity contribution in [2.24, 2.45) is 5.10 Å². The summed E-state index contributed by atoms with van der Waals surface area (Å²) in [6.07, 6.45) is 4.26. The number of carbonyl (C=O) groups is 1. The van der Waals surface area contributed by atoms with E-state index in [-0.39, 0.29) is 26.6 Å². The summed E-state index contributed by atoms with van der Waals surface area (Å²) in [4.78, 5) is 19.3. The highest BCUT2D eigenvalue weighted by molar-refractivity contribution is 6.46. The van der Waals surface area contributed by atoms with Crippen molar-refractivity contribution in [2.75, 3.05) is 5.73 Å². The van der Waals surface area contributed by atoms with Crippen molar-refractivity contribution in [2.45, 2.75) is 13.3 Å². The number of nitrogens with two attached hydrogens (primary N) is 1. The molecule has 0 saturated carbocycles. The Morgan fingerprint density at radius 3 is 2.85 bits per heavy atom. The van der Waals surface area contributed by atoms with Crippen LogP contribution in [0.4, 0.5) is 5.69 Å². The van der Waals surface area contributed by atoms with E-state index in [4.69, 9.17) is 40.5 Å². The average molecular weight is 411 g/mol. The number of anilines is 1. The predicted molar refractivity (Wildman–Crippen MR) is 106 cm³/mol. The van der Waals surface area contributed by atoms with Crippen molar-refractivity contribution in [3.63, 3.8) is 0 Å². The molecule has 2 heterocycles. The summed E-state index contributed by atoms with van der Waals surface area (Å²) in [5.41, 5.74) is 11.0. The molecule has 134 valence electrons. The Morgan fingerprint density at radius 2 is 2.12 bits per heavy atom. The fourth-order valence-corrected chi connectivity index (χ4v) is 3.13. The van der Waals surface area contributed by atoms with Crippen LogP contribution < -0.4 is 11.2 Å². The number of hydrazone groups is 1. The van der Waals surface area contributed by atoms with E-state index in [1.54, 1.807) is 0 Å². The third-order valence-electron chi connectivity index (χ3n) is 3.87. The zero-order valence-electron chi connectivity index (χ0n) is 13.6. The summed E-state index contributed by atoms with van der Waals surface area (Å²) >= 11 is 17.7. The zero-order chi connectivity index (χ0) is 18.8. The number of benzene rings is 1. The van der Waals surface area contributed by atoms with E-state index >= 15 is 0 Å². The monoisotopic (exact) mass is 409 g/mol. The van der Waals surface area contributed by atoms with Crippen LogP contribution in [0.2, 0.25) is 15.2 Å². The minimum atomic E-state index is -0.648. The number of aryl methyl sites for hydroxylation is 1. The first-order valence-corrected chi connectivity index (χ1v) is 8.79. The third kappa shape index (κ3) is 3.35. The summed E-state index contributed by atoms with van der Waals surface area (Å²) in [6, 6.07) is 6.02. The van der Waals surface area contributed by atoms with Crippen molar-refractivity contribution in [3.05, 3.63) is 56.4 Å². The largest absolute Gasteiger partial charge is 0.396 e. The molecule has 0 spiro atoms. The van der Waals surface area contributed by atoms with Crippen molar-refractivity contribution in [1.29, 1.82) is 0 Å². The predicted octanol–water partition coefficient (Wildman–Crippen LogP) is 4.43. The van der Waals surface area contributed by atoms with Crippen LogP contribution in [0.1, 0.15) is 28.5 Å². The van der Waals surface area contributed by atoms with Gasteiger partial charge in [-0.2, -0.15) is 5.10 Å². The van der Waals surface area contributed by atoms with E-state index in [9.17, 15) is 4.79 Å². The summed E-state index contributed by atoms with van der Waals surface area (Å²) in [6.45, 7) is 2.09. The first-order chi connectivity index (χ1) is 12.4. The fraction of sp³-hybridized carbons (Fsp3) is 0.118. The number of aromatic amines is 1. The van der Waals surface area contributed by atoms with Crippen LogP contribution in [0.25, 0.3) is 10.9 Å². The number of hydrogen-bond donors (Lipinski definition) is 3. The SMILES string of the molecule is CCc1cccc2c(/C=N/NC(=O)c3nc(Cl)c(Cl)c(N)c3Cl)c[nH]c12. The molecule has 4 N–H and O–H groups in total. The number of nitrogens with zero attached hydrogens (tertiary/aromatic N) is 2. The molecule has 0 aliphatic heterocycles. The number of rotatable bonds is 4. The molecule has 0 aliphatic rings. The van der Waals surface area contributed by atoms with Crippen LogP contribution >= 0.6 is 34.8 Å². The summed E-state index contributed by atoms with van der Waals surface area (Å²) in [5, 5.41) is 4.79. The Kier molecular flexibility index (Phi) is 5.36. The smallest absolute Gasteiger partial charge is 0.291 e. The number of aromatic nitrogens is 2. The van der Waals surface area contributed by atoms with Crippen LogP contribution in [0.5, 0.6) is 0 Å². The van der Waals surface area contributed by atoms with Gasteiger partial charge in [0.15, 0.2) is 10.8 Å². The van der Waals surface area contributed by atoms with Gasteiger partial charge in [-0.25, -0.2) is 10.4 Å². The maximum absolute atomic E-state index is 12.2. The molecule has 1 aromatic carbocycles. The molecule has 2 aromatic heterocycles. The maximum Gasteiger partial charge on any atom is 0.291 e. The minimum Gasteiger partial charge on any atom is -0.396 e. The van der Waals surface area contributed by atoms with Gasteiger partial charge in [-0.15, -0.1) is 0 Å². The first kappa shape index (κ1) is 18.5. The van der Waals surface area contributed by atoms with Gasteiger partial charge in [-0.3, -0.25) is 4.79 Å². The van der Waals surface area contributed by atoms with Crippen LogP contribution in [0.15, 0.2) is 29.5 Å². The molecule has 0 radical (unpaired) electrons. The number of pyridine rings is 1. The zero-order valence-corrected chi connectivity index (χ0v) is 15.9. The molecule has 0 fully saturated rings. The van der Waals surface area contributed by atoms with Gasteiger partial charge in [-0.1, -0.05) is 59.9 Å². The van der Waals surface area contributed by atoms with Gasteiger partial charge in [0.05, 0.1) is 16.9 Å². The topological polar surface area (TPSA) is 96.2 Å². The standard InChI is InChI=1S/C17H14Cl3N5O/c1-2-8-4-3-5-10-9(6-22-14(8)10)7-23-25-17(26)15-11(18)13(21)12(19)16(20)24-15/h3-7,22H,2H2,1H3,(H2,21,24)(H,25,26)/b23-7+. The lowest BCUT2D eigenvalue weighted by Crippen LogP contribution is -2.20. The Morgan fingerprint density at radius 1 is 1.35 bits per heavy atom. The Labute approximate surface area is 164 Å². The molecule has 0 unspecified atom stereocenters. The van der Waals surface area contributed by atoms with Gasteiger partial charge >= 0.3 is 0 Å². The average Bonchev–Trinajstić information content (AvgIpc) is 3.06. The molecule has 9 heteroatoms. The maximum atomic E-state index is 12.2. The molecular formula is C17H14Cl3N5O. The summed E-state index contributed by atoms with van der Waals surface area (Å²) < 4.78 is 0. The molecule has 0 aliphatic carbocycles. The molecule has 6 nitrogen and oxygen atoms in total. The van der Waals surface area contributed by atoms with E-state index in [0.717, 1.165) is 22.9 Å². The quantitative estimate of drug-likeness (QED) is 0.337. The van der Waals surface area contributed by atoms with Crippen LogP contribution in [0.3, 0.4) is 0 Å². The van der Waals surface area contributed by atoms with Crippen LogP contribution in [0, 0.1) is 0 Å². The highest BCUT2D eigenvalue weighted by atomic mass is 35.5. The number of amides is 1. The van der Waals surface area contributed by atoms with Gasteiger partial charge in [0.2, 0.25) is 0 Å². The molecular weight excluding hydrogens is 397 g/mol. The Hall–Kier alpha value is -2.28. The fourth-order valence-electron chi connectivity index (χ4n) is 2.54. The number of carbonyl (C=O) groups excluding carboxylic acids is 1.